The van der Waals surface area contributed by atoms with Gasteiger partial charge in [-0.1, -0.05) is 67.8 Å². The second-order valence-electron chi connectivity index (χ2n) is 11.5. The topological polar surface area (TPSA) is 113 Å². The van der Waals surface area contributed by atoms with Crippen LogP contribution in [0.15, 0.2) is 70.6 Å². The van der Waals surface area contributed by atoms with Crippen LogP contribution < -0.4 is 18.9 Å². The van der Waals surface area contributed by atoms with Crippen LogP contribution in [0.5, 0.6) is 17.2 Å². The molecule has 1 aliphatic heterocycles. The average Bonchev–Trinajstić information content (AvgIpc) is 3.35. The Hall–Kier alpha value is -3.89. The molecule has 0 radical (unpaired) electrons. The second-order valence-corrected chi connectivity index (χ2v) is 13.2. The number of carbonyl (C=O) groups is 1. The number of cyclic esters (lactones) is 1. The summed E-state index contributed by atoms with van der Waals surface area (Å²) >= 11 is 0. The number of sulfonamides is 1. The first-order chi connectivity index (χ1) is 21.1. The van der Waals surface area contributed by atoms with Crippen LogP contribution in [-0.4, -0.2) is 53.2 Å². The average molecular weight is 621 g/mol. The second kappa shape index (κ2) is 13.0. The first-order valence-electron chi connectivity index (χ1n) is 14.9. The van der Waals surface area contributed by atoms with Crippen molar-refractivity contribution in [3.8, 4) is 17.2 Å². The molecule has 5 rings (SSSR count). The van der Waals surface area contributed by atoms with E-state index in [1.807, 2.05) is 36.4 Å². The van der Waals surface area contributed by atoms with E-state index in [-0.39, 0.29) is 23.1 Å². The van der Waals surface area contributed by atoms with Gasteiger partial charge in [0, 0.05) is 12.0 Å². The summed E-state index contributed by atoms with van der Waals surface area (Å²) in [5.41, 5.74) is 0.984. The van der Waals surface area contributed by atoms with Crippen molar-refractivity contribution in [2.45, 2.75) is 68.8 Å². The molecule has 0 bridgehead atoms. The molecule has 0 saturated heterocycles. The summed E-state index contributed by atoms with van der Waals surface area (Å²) in [6.07, 6.45) is 4.61. The summed E-state index contributed by atoms with van der Waals surface area (Å²) in [6.45, 7) is 3.56. The predicted octanol–water partition coefficient (Wildman–Crippen LogP) is 5.54. The quantitative estimate of drug-likeness (QED) is 0.280. The van der Waals surface area contributed by atoms with Crippen molar-refractivity contribution in [1.29, 1.82) is 0 Å². The molecule has 10 heteroatoms. The maximum atomic E-state index is 14.3. The van der Waals surface area contributed by atoms with E-state index in [4.69, 9.17) is 23.9 Å². The number of carbonyl (C=O) groups excluding carboxylic acids is 1. The zero-order valence-corrected chi connectivity index (χ0v) is 26.7. The van der Waals surface area contributed by atoms with Gasteiger partial charge in [0.15, 0.2) is 17.0 Å². The van der Waals surface area contributed by atoms with Gasteiger partial charge in [-0.15, -0.1) is 0 Å². The normalized spacial score (nSPS) is 19.7. The van der Waals surface area contributed by atoms with Gasteiger partial charge in [-0.2, -0.15) is 0 Å². The minimum absolute atomic E-state index is 0.0669. The van der Waals surface area contributed by atoms with Gasteiger partial charge in [0.2, 0.25) is 21.7 Å². The number of nitrogens with zero attached hydrogens (tertiary/aromatic N) is 1. The maximum Gasteiger partial charge on any atom is 0.342 e. The first kappa shape index (κ1) is 31.5. The van der Waals surface area contributed by atoms with E-state index < -0.39 is 27.6 Å². The molecule has 9 nitrogen and oxygen atoms in total. The smallest absolute Gasteiger partial charge is 0.342 e. The van der Waals surface area contributed by atoms with Crippen LogP contribution in [-0.2, 0) is 26.0 Å². The number of esters is 1. The predicted molar refractivity (Wildman–Crippen MR) is 168 cm³/mol. The molecular weight excluding hydrogens is 580 g/mol. The fourth-order valence-corrected chi connectivity index (χ4v) is 8.40. The molecule has 3 aromatic rings. The van der Waals surface area contributed by atoms with E-state index in [9.17, 15) is 13.2 Å². The van der Waals surface area contributed by atoms with E-state index in [0.717, 1.165) is 37.7 Å². The van der Waals surface area contributed by atoms with Gasteiger partial charge in [0.25, 0.3) is 0 Å². The van der Waals surface area contributed by atoms with Crippen LogP contribution in [0.25, 0.3) is 0 Å². The molecule has 1 aliphatic carbocycles. The number of nitrogens with one attached hydrogen (secondary N) is 1. The van der Waals surface area contributed by atoms with E-state index in [1.54, 1.807) is 38.1 Å². The lowest BCUT2D eigenvalue weighted by atomic mass is 9.73. The lowest BCUT2D eigenvalue weighted by molar-refractivity contribution is -0.140. The Balaban J connectivity index is 1.70. The molecule has 0 spiro atoms. The summed E-state index contributed by atoms with van der Waals surface area (Å²) in [4.78, 5) is 19.6. The molecule has 0 aromatic heterocycles. The standard InChI is InChI=1S/C34H40N2O7S/c1-22-13-12-14-23(2)30(22)44(38,39)36-31(25-17-10-7-11-18-25)34(21-24-15-8-6-9-16-24)33(37)43-32(35-34)26-19-27(40-3)29(42-5)28(20-26)41-4/h6,8-9,12-16,19-20,25,31,36H,7,10-11,17-18,21H2,1-5H3/t31-,34+/m1/s1. The number of ether oxygens (including phenoxy) is 4. The maximum absolute atomic E-state index is 14.3. The Morgan fingerprint density at radius 3 is 2.09 bits per heavy atom. The van der Waals surface area contributed by atoms with Crippen molar-refractivity contribution in [2.24, 2.45) is 10.9 Å². The van der Waals surface area contributed by atoms with Crippen molar-refractivity contribution in [3.63, 3.8) is 0 Å². The fraction of sp³-hybridized carbons (Fsp3) is 0.412. The Morgan fingerprint density at radius 1 is 0.909 bits per heavy atom. The third-order valence-electron chi connectivity index (χ3n) is 8.67. The van der Waals surface area contributed by atoms with E-state index in [2.05, 4.69) is 4.72 Å². The zero-order valence-electron chi connectivity index (χ0n) is 25.9. The Morgan fingerprint density at radius 2 is 1.52 bits per heavy atom. The first-order valence-corrected chi connectivity index (χ1v) is 16.4. The highest BCUT2D eigenvalue weighted by molar-refractivity contribution is 7.89. The summed E-state index contributed by atoms with van der Waals surface area (Å²) < 4.78 is 54.0. The summed E-state index contributed by atoms with van der Waals surface area (Å²) in [5.74, 6) is 0.464. The van der Waals surface area contributed by atoms with Crippen LogP contribution in [0.4, 0.5) is 0 Å². The number of benzene rings is 3. The highest BCUT2D eigenvalue weighted by Gasteiger charge is 2.56. The van der Waals surface area contributed by atoms with Gasteiger partial charge >= 0.3 is 5.97 Å². The van der Waals surface area contributed by atoms with Gasteiger partial charge in [0.1, 0.15) is 0 Å². The Labute approximate surface area is 259 Å². The summed E-state index contributed by atoms with van der Waals surface area (Å²) in [7, 11) is 0.461. The highest BCUT2D eigenvalue weighted by Crippen LogP contribution is 2.42. The molecule has 2 atom stereocenters. The Kier molecular flexibility index (Phi) is 9.31. The van der Waals surface area contributed by atoms with Crippen molar-refractivity contribution < 1.29 is 32.2 Å². The molecule has 1 heterocycles. The van der Waals surface area contributed by atoms with Crippen molar-refractivity contribution in [1.82, 2.24) is 4.72 Å². The minimum atomic E-state index is -4.06. The SMILES string of the molecule is COc1cc(C2=N[C@@](Cc3ccccc3)([C@H](NS(=O)(=O)c3c(C)cccc3C)C3CCCCC3)C(=O)O2)cc(OC)c1OC. The zero-order chi connectivity index (χ0) is 31.5. The number of aliphatic imine (C=N–C) groups is 1. The minimum Gasteiger partial charge on any atom is -0.493 e. The lowest BCUT2D eigenvalue weighted by Crippen LogP contribution is -2.59. The molecule has 1 fully saturated rings. The van der Waals surface area contributed by atoms with Gasteiger partial charge in [-0.25, -0.2) is 22.9 Å². The van der Waals surface area contributed by atoms with Crippen molar-refractivity contribution in [2.75, 3.05) is 21.3 Å². The lowest BCUT2D eigenvalue weighted by Gasteiger charge is -2.39. The molecule has 0 amide bonds. The van der Waals surface area contributed by atoms with E-state index in [0.29, 0.717) is 33.9 Å². The molecule has 2 aliphatic rings. The largest absolute Gasteiger partial charge is 0.493 e. The Bertz CT molecular complexity index is 1600. The van der Waals surface area contributed by atoms with Crippen molar-refractivity contribution in [3.05, 3.63) is 82.9 Å². The summed E-state index contributed by atoms with van der Waals surface area (Å²) in [5, 5.41) is 0. The van der Waals surface area contributed by atoms with E-state index in [1.165, 1.54) is 21.3 Å². The highest BCUT2D eigenvalue weighted by atomic mass is 32.2. The third-order valence-corrected chi connectivity index (χ3v) is 10.4. The number of rotatable bonds is 11. The van der Waals surface area contributed by atoms with Crippen molar-refractivity contribution >= 4 is 21.9 Å². The number of aryl methyl sites for hydroxylation is 2. The number of hydrogen-bond acceptors (Lipinski definition) is 8. The molecule has 0 unspecified atom stereocenters. The van der Waals surface area contributed by atoms with Crippen LogP contribution in [0, 0.1) is 19.8 Å². The molecule has 3 aromatic carbocycles. The van der Waals surface area contributed by atoms with Crippen LogP contribution >= 0.6 is 0 Å². The monoisotopic (exact) mass is 620 g/mol. The van der Waals surface area contributed by atoms with Crippen LogP contribution in [0.2, 0.25) is 0 Å². The summed E-state index contributed by atoms with van der Waals surface area (Å²) in [6, 6.07) is 17.4. The molecular formula is C34H40N2O7S. The third kappa shape index (κ3) is 6.05. The van der Waals surface area contributed by atoms with E-state index >= 15 is 0 Å². The van der Waals surface area contributed by atoms with Crippen LogP contribution in [0.3, 0.4) is 0 Å². The number of methoxy groups -OCH3 is 3. The fourth-order valence-electron chi connectivity index (χ4n) is 6.58. The molecule has 1 saturated carbocycles. The molecule has 234 valence electrons. The molecule has 44 heavy (non-hydrogen) atoms. The van der Waals surface area contributed by atoms with Gasteiger partial charge < -0.3 is 18.9 Å². The van der Waals surface area contributed by atoms with Gasteiger partial charge in [-0.3, -0.25) is 0 Å². The number of hydrogen-bond donors (Lipinski definition) is 1. The van der Waals surface area contributed by atoms with Gasteiger partial charge in [0.05, 0.1) is 32.3 Å². The molecule has 1 N–H and O–H groups in total. The van der Waals surface area contributed by atoms with Gasteiger partial charge in [-0.05, 0) is 61.4 Å². The van der Waals surface area contributed by atoms with Crippen LogP contribution in [0.1, 0.15) is 54.4 Å².